The van der Waals surface area contributed by atoms with Crippen LogP contribution < -0.4 is 5.32 Å². The number of hydrogen-bond acceptors (Lipinski definition) is 5. The minimum absolute atomic E-state index is 0.0442. The van der Waals surface area contributed by atoms with Crippen LogP contribution in [-0.2, 0) is 16.0 Å². The molecule has 30 heavy (non-hydrogen) atoms. The molecule has 1 atom stereocenters. The van der Waals surface area contributed by atoms with E-state index in [0.29, 0.717) is 12.4 Å². The zero-order chi connectivity index (χ0) is 20.9. The molecule has 0 bridgehead atoms. The number of benzene rings is 2. The molecule has 156 valence electrons. The number of fused-ring (bicyclic) bond motifs is 1. The van der Waals surface area contributed by atoms with Crippen LogP contribution in [-0.4, -0.2) is 40.9 Å². The van der Waals surface area contributed by atoms with Crippen LogP contribution in [0.2, 0.25) is 0 Å². The zero-order valence-electron chi connectivity index (χ0n) is 16.9. The van der Waals surface area contributed by atoms with Gasteiger partial charge in [-0.15, -0.1) is 0 Å². The normalized spacial score (nSPS) is 16.1. The predicted molar refractivity (Wildman–Crippen MR) is 117 cm³/mol. The van der Waals surface area contributed by atoms with Crippen LogP contribution in [0.1, 0.15) is 25.3 Å². The molecule has 0 radical (unpaired) electrons. The van der Waals surface area contributed by atoms with Gasteiger partial charge < -0.3 is 10.1 Å². The average Bonchev–Trinajstić information content (AvgIpc) is 3.29. The highest BCUT2D eigenvalue weighted by Crippen LogP contribution is 2.29. The molecule has 0 unspecified atom stereocenters. The Labute approximate surface area is 179 Å². The van der Waals surface area contributed by atoms with Crippen molar-refractivity contribution >= 4 is 28.6 Å². The minimum atomic E-state index is -0.301. The van der Waals surface area contributed by atoms with E-state index in [1.165, 1.54) is 29.5 Å². The summed E-state index contributed by atoms with van der Waals surface area (Å²) in [6.07, 6.45) is 3.07. The number of halogens is 1. The fourth-order valence-electron chi connectivity index (χ4n) is 3.42. The Morgan fingerprint density at radius 3 is 2.80 bits per heavy atom. The number of aromatic nitrogens is 2. The topological polar surface area (TPSA) is 64.1 Å². The maximum atomic E-state index is 13.3. The van der Waals surface area contributed by atoms with Gasteiger partial charge in [-0.25, -0.2) is 14.4 Å². The summed E-state index contributed by atoms with van der Waals surface area (Å²) in [6.45, 7) is 3.42. The number of aryl methyl sites for hydroxylation is 1. The number of hydrogen-bond donors (Lipinski definition) is 1. The van der Waals surface area contributed by atoms with Crippen LogP contribution in [0.3, 0.4) is 0 Å². The number of rotatable bonds is 7. The fraction of sp³-hybridized carbons (Fsp3) is 0.348. The minimum Gasteiger partial charge on any atom is -0.376 e. The van der Waals surface area contributed by atoms with E-state index in [-0.39, 0.29) is 23.6 Å². The average molecular weight is 426 g/mol. The lowest BCUT2D eigenvalue weighted by atomic mass is 10.1. The number of thioether (sulfide) groups is 1. The SMILES string of the molecule is CCc1ccc2nc(-c3ccc(F)cc3)nc(SCC(=O)NC[C@@H]3CCCO3)c2c1. The second kappa shape index (κ2) is 9.53. The lowest BCUT2D eigenvalue weighted by Gasteiger charge is -2.12. The van der Waals surface area contributed by atoms with E-state index in [1.54, 1.807) is 12.1 Å². The monoisotopic (exact) mass is 425 g/mol. The molecule has 1 aromatic heterocycles. The lowest BCUT2D eigenvalue weighted by molar-refractivity contribution is -0.119. The lowest BCUT2D eigenvalue weighted by Crippen LogP contribution is -2.32. The molecule has 1 aliphatic heterocycles. The molecule has 1 fully saturated rings. The van der Waals surface area contributed by atoms with Gasteiger partial charge in [-0.3, -0.25) is 4.79 Å². The molecule has 2 aromatic carbocycles. The number of nitrogens with zero attached hydrogens (tertiary/aromatic N) is 2. The second-order valence-corrected chi connectivity index (χ2v) is 8.26. The van der Waals surface area contributed by atoms with E-state index in [0.717, 1.165) is 47.4 Å². The van der Waals surface area contributed by atoms with Gasteiger partial charge >= 0.3 is 0 Å². The molecule has 4 rings (SSSR count). The standard InChI is InChI=1S/C23H24FN3O2S/c1-2-15-5-10-20-19(12-15)23(27-22(26-20)16-6-8-17(24)9-7-16)30-14-21(28)25-13-18-4-3-11-29-18/h5-10,12,18H,2-4,11,13-14H2,1H3,(H,25,28)/t18-/m0/s1. The number of carbonyl (C=O) groups is 1. The molecule has 1 N–H and O–H groups in total. The Bertz CT molecular complexity index is 1040. The molecule has 1 aliphatic rings. The van der Waals surface area contributed by atoms with Gasteiger partial charge in [-0.1, -0.05) is 24.8 Å². The summed E-state index contributed by atoms with van der Waals surface area (Å²) in [6, 6.07) is 12.2. The van der Waals surface area contributed by atoms with Gasteiger partial charge in [0.05, 0.1) is 17.4 Å². The maximum absolute atomic E-state index is 13.3. The predicted octanol–water partition coefficient (Wildman–Crippen LogP) is 4.39. The molecule has 0 spiro atoms. The first-order chi connectivity index (χ1) is 14.6. The van der Waals surface area contributed by atoms with Crippen molar-refractivity contribution in [3.63, 3.8) is 0 Å². The van der Waals surface area contributed by atoms with E-state index in [4.69, 9.17) is 9.72 Å². The van der Waals surface area contributed by atoms with Gasteiger partial charge in [0.1, 0.15) is 10.8 Å². The van der Waals surface area contributed by atoms with Crippen molar-refractivity contribution in [3.8, 4) is 11.4 Å². The smallest absolute Gasteiger partial charge is 0.230 e. The fourth-order valence-corrected chi connectivity index (χ4v) is 4.26. The molecule has 0 saturated carbocycles. The van der Waals surface area contributed by atoms with Crippen molar-refractivity contribution in [2.24, 2.45) is 0 Å². The van der Waals surface area contributed by atoms with E-state index < -0.39 is 0 Å². The third-order valence-electron chi connectivity index (χ3n) is 5.13. The van der Waals surface area contributed by atoms with Crippen LogP contribution in [0.25, 0.3) is 22.3 Å². The molecule has 1 saturated heterocycles. The van der Waals surface area contributed by atoms with Gasteiger partial charge in [0.2, 0.25) is 5.91 Å². The molecule has 2 heterocycles. The van der Waals surface area contributed by atoms with Crippen molar-refractivity contribution in [1.82, 2.24) is 15.3 Å². The van der Waals surface area contributed by atoms with E-state index >= 15 is 0 Å². The van der Waals surface area contributed by atoms with E-state index in [9.17, 15) is 9.18 Å². The third-order valence-corrected chi connectivity index (χ3v) is 6.12. The molecule has 3 aromatic rings. The Kier molecular flexibility index (Phi) is 6.59. The van der Waals surface area contributed by atoms with Crippen molar-refractivity contribution in [1.29, 1.82) is 0 Å². The summed E-state index contributed by atoms with van der Waals surface area (Å²) in [5, 5.41) is 4.63. The van der Waals surface area contributed by atoms with Crippen LogP contribution in [0, 0.1) is 5.82 Å². The van der Waals surface area contributed by atoms with Crippen molar-refractivity contribution < 1.29 is 13.9 Å². The number of ether oxygens (including phenoxy) is 1. The van der Waals surface area contributed by atoms with Gasteiger partial charge in [0.25, 0.3) is 0 Å². The Hall–Kier alpha value is -2.51. The van der Waals surface area contributed by atoms with Crippen molar-refractivity contribution in [3.05, 3.63) is 53.8 Å². The first kappa shape index (κ1) is 20.8. The van der Waals surface area contributed by atoms with Crippen LogP contribution in [0.4, 0.5) is 4.39 Å². The Morgan fingerprint density at radius 2 is 2.07 bits per heavy atom. The second-order valence-electron chi connectivity index (χ2n) is 7.29. The largest absolute Gasteiger partial charge is 0.376 e. The van der Waals surface area contributed by atoms with Gasteiger partial charge in [0.15, 0.2) is 5.82 Å². The zero-order valence-corrected chi connectivity index (χ0v) is 17.7. The Morgan fingerprint density at radius 1 is 1.23 bits per heavy atom. The van der Waals surface area contributed by atoms with Crippen molar-refractivity contribution in [2.45, 2.75) is 37.3 Å². The molecule has 0 aliphatic carbocycles. The summed E-state index contributed by atoms with van der Waals surface area (Å²) >= 11 is 1.39. The van der Waals surface area contributed by atoms with E-state index in [1.807, 2.05) is 12.1 Å². The highest BCUT2D eigenvalue weighted by Gasteiger charge is 2.17. The Balaban J connectivity index is 1.57. The third kappa shape index (κ3) is 4.96. The summed E-state index contributed by atoms with van der Waals surface area (Å²) < 4.78 is 18.9. The number of amides is 1. The molecular formula is C23H24FN3O2S. The maximum Gasteiger partial charge on any atom is 0.230 e. The van der Waals surface area contributed by atoms with Gasteiger partial charge in [-0.2, -0.15) is 0 Å². The van der Waals surface area contributed by atoms with Crippen LogP contribution in [0.15, 0.2) is 47.5 Å². The first-order valence-electron chi connectivity index (χ1n) is 10.2. The van der Waals surface area contributed by atoms with Crippen LogP contribution in [0.5, 0.6) is 0 Å². The molecule has 5 nitrogen and oxygen atoms in total. The summed E-state index contributed by atoms with van der Waals surface area (Å²) in [5.41, 5.74) is 2.73. The summed E-state index contributed by atoms with van der Waals surface area (Å²) in [5.74, 6) is 0.439. The number of carbonyl (C=O) groups excluding carboxylic acids is 1. The highest BCUT2D eigenvalue weighted by atomic mass is 32.2. The van der Waals surface area contributed by atoms with Crippen LogP contribution >= 0.6 is 11.8 Å². The number of nitrogens with one attached hydrogen (secondary N) is 1. The van der Waals surface area contributed by atoms with Gasteiger partial charge in [-0.05, 0) is 61.2 Å². The molecule has 7 heteroatoms. The first-order valence-corrected chi connectivity index (χ1v) is 11.2. The summed E-state index contributed by atoms with van der Waals surface area (Å²) in [4.78, 5) is 21.7. The molecular weight excluding hydrogens is 401 g/mol. The van der Waals surface area contributed by atoms with Gasteiger partial charge in [0, 0.05) is 24.1 Å². The quantitative estimate of drug-likeness (QED) is 0.449. The molecule has 1 amide bonds. The van der Waals surface area contributed by atoms with Crippen molar-refractivity contribution in [2.75, 3.05) is 18.9 Å². The van der Waals surface area contributed by atoms with E-state index in [2.05, 4.69) is 23.3 Å². The summed E-state index contributed by atoms with van der Waals surface area (Å²) in [7, 11) is 0. The highest BCUT2D eigenvalue weighted by molar-refractivity contribution is 8.00.